The molecule has 0 radical (unpaired) electrons. The summed E-state index contributed by atoms with van der Waals surface area (Å²) in [5.74, 6) is 0.580. The zero-order valence-corrected chi connectivity index (χ0v) is 12.0. The van der Waals surface area contributed by atoms with Crippen LogP contribution in [0.2, 0.25) is 0 Å². The molecule has 5 nitrogen and oxygen atoms in total. The van der Waals surface area contributed by atoms with Crippen LogP contribution in [0, 0.1) is 0 Å². The maximum absolute atomic E-state index is 12.0. The van der Waals surface area contributed by atoms with Crippen LogP contribution in [-0.2, 0) is 11.2 Å². The van der Waals surface area contributed by atoms with Gasteiger partial charge in [-0.3, -0.25) is 4.79 Å². The third kappa shape index (κ3) is 3.11. The quantitative estimate of drug-likeness (QED) is 0.727. The third-order valence-corrected chi connectivity index (χ3v) is 3.84. The number of hydrogen-bond acceptors (Lipinski definition) is 4. The predicted octanol–water partition coefficient (Wildman–Crippen LogP) is 2.70. The first kappa shape index (κ1) is 13.4. The Kier molecular flexibility index (Phi) is 3.70. The van der Waals surface area contributed by atoms with Crippen LogP contribution in [0.25, 0.3) is 5.69 Å². The molecule has 0 atom stereocenters. The Hall–Kier alpha value is -2.60. The Balaban J connectivity index is 1.76. The molecule has 0 aliphatic heterocycles. The summed E-state index contributed by atoms with van der Waals surface area (Å²) in [7, 11) is 0. The molecule has 2 heterocycles. The highest BCUT2D eigenvalue weighted by Crippen LogP contribution is 2.17. The molecule has 106 valence electrons. The van der Waals surface area contributed by atoms with Crippen LogP contribution in [0.3, 0.4) is 0 Å². The lowest BCUT2D eigenvalue weighted by Crippen LogP contribution is -2.16. The molecular formula is C15H14N4OS. The van der Waals surface area contributed by atoms with Crippen molar-refractivity contribution >= 4 is 28.7 Å². The number of amides is 1. The summed E-state index contributed by atoms with van der Waals surface area (Å²) in [5.41, 5.74) is 7.21. The number of nitrogen functional groups attached to an aromatic ring is 1. The van der Waals surface area contributed by atoms with E-state index in [-0.39, 0.29) is 5.91 Å². The molecule has 3 rings (SSSR count). The van der Waals surface area contributed by atoms with Crippen LogP contribution in [0.5, 0.6) is 0 Å². The van der Waals surface area contributed by atoms with Gasteiger partial charge in [-0.1, -0.05) is 6.07 Å². The van der Waals surface area contributed by atoms with Gasteiger partial charge in [0.25, 0.3) is 0 Å². The van der Waals surface area contributed by atoms with Gasteiger partial charge in [0.05, 0.1) is 18.3 Å². The fourth-order valence-corrected chi connectivity index (χ4v) is 2.68. The molecular weight excluding hydrogens is 284 g/mol. The summed E-state index contributed by atoms with van der Waals surface area (Å²) >= 11 is 1.57. The van der Waals surface area contributed by atoms with Gasteiger partial charge in [-0.2, -0.15) is 5.10 Å². The zero-order chi connectivity index (χ0) is 14.7. The van der Waals surface area contributed by atoms with Gasteiger partial charge in [0.1, 0.15) is 5.82 Å². The molecule has 1 aromatic carbocycles. The SMILES string of the molecule is Nc1ccc(-n2nccc2NC(=O)Cc2cccs2)cc1. The number of aromatic nitrogens is 2. The summed E-state index contributed by atoms with van der Waals surface area (Å²) < 4.78 is 1.67. The van der Waals surface area contributed by atoms with Crippen LogP contribution in [0.4, 0.5) is 11.5 Å². The number of carbonyl (C=O) groups excluding carboxylic acids is 1. The van der Waals surface area contributed by atoms with Crippen molar-refractivity contribution in [1.82, 2.24) is 9.78 Å². The molecule has 0 aliphatic carbocycles. The van der Waals surface area contributed by atoms with Crippen LogP contribution in [0.1, 0.15) is 4.88 Å². The number of thiophene rings is 1. The van der Waals surface area contributed by atoms with E-state index in [9.17, 15) is 4.79 Å². The Bertz CT molecular complexity index is 731. The largest absolute Gasteiger partial charge is 0.399 e. The zero-order valence-electron chi connectivity index (χ0n) is 11.2. The standard InChI is InChI=1S/C15H14N4OS/c16-11-3-5-12(6-4-11)19-14(7-8-17-19)18-15(20)10-13-2-1-9-21-13/h1-9H,10,16H2,(H,18,20). The van der Waals surface area contributed by atoms with E-state index < -0.39 is 0 Å². The van der Waals surface area contributed by atoms with Crippen molar-refractivity contribution in [2.75, 3.05) is 11.1 Å². The number of nitrogens with zero attached hydrogens (tertiary/aromatic N) is 2. The topological polar surface area (TPSA) is 72.9 Å². The minimum atomic E-state index is -0.0605. The second-order valence-electron chi connectivity index (χ2n) is 4.52. The van der Waals surface area contributed by atoms with Gasteiger partial charge in [0.15, 0.2) is 0 Å². The van der Waals surface area contributed by atoms with E-state index in [1.165, 1.54) is 0 Å². The normalized spacial score (nSPS) is 10.5. The fourth-order valence-electron chi connectivity index (χ4n) is 1.98. The summed E-state index contributed by atoms with van der Waals surface area (Å²) in [4.78, 5) is 13.1. The molecule has 3 aromatic rings. The van der Waals surface area contributed by atoms with E-state index in [2.05, 4.69) is 10.4 Å². The number of nitrogens with two attached hydrogens (primary N) is 1. The number of hydrogen-bond donors (Lipinski definition) is 2. The van der Waals surface area contributed by atoms with Crippen LogP contribution >= 0.6 is 11.3 Å². The van der Waals surface area contributed by atoms with Crippen molar-refractivity contribution in [2.24, 2.45) is 0 Å². The Labute approximate surface area is 126 Å². The predicted molar refractivity (Wildman–Crippen MR) is 84.6 cm³/mol. The van der Waals surface area contributed by atoms with Crippen molar-refractivity contribution in [2.45, 2.75) is 6.42 Å². The fraction of sp³-hybridized carbons (Fsp3) is 0.0667. The summed E-state index contributed by atoms with van der Waals surface area (Å²) in [5, 5.41) is 9.07. The number of rotatable bonds is 4. The van der Waals surface area contributed by atoms with Crippen molar-refractivity contribution in [3.8, 4) is 5.69 Å². The van der Waals surface area contributed by atoms with Crippen molar-refractivity contribution in [3.63, 3.8) is 0 Å². The number of nitrogens with one attached hydrogen (secondary N) is 1. The lowest BCUT2D eigenvalue weighted by atomic mass is 10.3. The minimum absolute atomic E-state index is 0.0605. The maximum atomic E-state index is 12.0. The summed E-state index contributed by atoms with van der Waals surface area (Å²) in [6.45, 7) is 0. The van der Waals surface area contributed by atoms with Crippen LogP contribution in [0.15, 0.2) is 54.0 Å². The van der Waals surface area contributed by atoms with Crippen molar-refractivity contribution < 1.29 is 4.79 Å². The molecule has 1 amide bonds. The Morgan fingerprint density at radius 1 is 1.24 bits per heavy atom. The number of anilines is 2. The third-order valence-electron chi connectivity index (χ3n) is 2.96. The molecule has 0 spiro atoms. The van der Waals surface area contributed by atoms with Crippen molar-refractivity contribution in [3.05, 3.63) is 58.9 Å². The lowest BCUT2D eigenvalue weighted by molar-refractivity contribution is -0.115. The van der Waals surface area contributed by atoms with Gasteiger partial charge in [-0.05, 0) is 35.7 Å². The van der Waals surface area contributed by atoms with Gasteiger partial charge in [0.2, 0.25) is 5.91 Å². The van der Waals surface area contributed by atoms with Gasteiger partial charge < -0.3 is 11.1 Å². The van der Waals surface area contributed by atoms with E-state index in [1.807, 2.05) is 29.6 Å². The molecule has 21 heavy (non-hydrogen) atoms. The van der Waals surface area contributed by atoms with Gasteiger partial charge in [-0.15, -0.1) is 11.3 Å². The van der Waals surface area contributed by atoms with E-state index in [0.29, 0.717) is 17.9 Å². The highest BCUT2D eigenvalue weighted by Gasteiger charge is 2.09. The van der Waals surface area contributed by atoms with Crippen LogP contribution < -0.4 is 11.1 Å². The molecule has 0 bridgehead atoms. The monoisotopic (exact) mass is 298 g/mol. The molecule has 0 saturated heterocycles. The number of carbonyl (C=O) groups is 1. The van der Waals surface area contributed by atoms with E-state index in [4.69, 9.17) is 5.73 Å². The average molecular weight is 298 g/mol. The average Bonchev–Trinajstić information content (AvgIpc) is 3.11. The first-order valence-corrected chi connectivity index (χ1v) is 7.32. The highest BCUT2D eigenvalue weighted by atomic mass is 32.1. The first-order chi connectivity index (χ1) is 10.2. The molecule has 6 heteroatoms. The minimum Gasteiger partial charge on any atom is -0.399 e. The summed E-state index contributed by atoms with van der Waals surface area (Å²) in [6, 6.07) is 13.0. The molecule has 0 saturated carbocycles. The molecule has 0 aliphatic rings. The second-order valence-corrected chi connectivity index (χ2v) is 5.56. The lowest BCUT2D eigenvalue weighted by Gasteiger charge is -2.09. The Morgan fingerprint density at radius 3 is 2.76 bits per heavy atom. The van der Waals surface area contributed by atoms with E-state index in [0.717, 1.165) is 10.6 Å². The molecule has 0 unspecified atom stereocenters. The van der Waals surface area contributed by atoms with E-state index >= 15 is 0 Å². The number of benzene rings is 1. The van der Waals surface area contributed by atoms with Gasteiger partial charge in [-0.25, -0.2) is 4.68 Å². The van der Waals surface area contributed by atoms with Gasteiger partial charge >= 0.3 is 0 Å². The smallest absolute Gasteiger partial charge is 0.230 e. The van der Waals surface area contributed by atoms with Crippen molar-refractivity contribution in [1.29, 1.82) is 0 Å². The maximum Gasteiger partial charge on any atom is 0.230 e. The Morgan fingerprint density at radius 2 is 2.05 bits per heavy atom. The molecule has 0 fully saturated rings. The first-order valence-electron chi connectivity index (χ1n) is 6.44. The molecule has 2 aromatic heterocycles. The van der Waals surface area contributed by atoms with E-state index in [1.54, 1.807) is 40.4 Å². The summed E-state index contributed by atoms with van der Waals surface area (Å²) in [6.07, 6.45) is 2.02. The van der Waals surface area contributed by atoms with Gasteiger partial charge in [0, 0.05) is 16.6 Å². The molecule has 3 N–H and O–H groups in total. The second kappa shape index (κ2) is 5.80. The highest BCUT2D eigenvalue weighted by molar-refractivity contribution is 7.10. The van der Waals surface area contributed by atoms with Crippen LogP contribution in [-0.4, -0.2) is 15.7 Å².